The fraction of sp³-hybridized carbons (Fsp3) is 0.458. The predicted octanol–water partition coefficient (Wildman–Crippen LogP) is 2.17. The van der Waals surface area contributed by atoms with Gasteiger partial charge in [-0.05, 0) is 56.7 Å². The van der Waals surface area contributed by atoms with Gasteiger partial charge in [-0.1, -0.05) is 0 Å². The maximum absolute atomic E-state index is 13.2. The molecule has 12 heteroatoms. The van der Waals surface area contributed by atoms with E-state index in [1.54, 1.807) is 35.2 Å². The number of piperazine rings is 1. The Kier molecular flexibility index (Phi) is 7.76. The second kappa shape index (κ2) is 10.7. The van der Waals surface area contributed by atoms with Crippen molar-refractivity contribution in [1.29, 1.82) is 0 Å². The van der Waals surface area contributed by atoms with Crippen LogP contribution in [0.2, 0.25) is 0 Å². The highest BCUT2D eigenvalue weighted by Gasteiger charge is 2.32. The molecular formula is C24H31N3O7S2. The van der Waals surface area contributed by atoms with Crippen LogP contribution in [0.5, 0.6) is 11.5 Å². The third-order valence-electron chi connectivity index (χ3n) is 6.18. The number of rotatable bonds is 8. The molecule has 4 rings (SSSR count). The Hall–Kier alpha value is -2.83. The van der Waals surface area contributed by atoms with Crippen LogP contribution in [0, 0.1) is 0 Å². The van der Waals surface area contributed by atoms with Crippen molar-refractivity contribution in [3.8, 4) is 11.5 Å². The number of carbonyl (C=O) groups is 1. The van der Waals surface area contributed by atoms with Crippen LogP contribution in [0.15, 0.2) is 47.4 Å². The summed E-state index contributed by atoms with van der Waals surface area (Å²) in [4.78, 5) is 14.7. The minimum Gasteiger partial charge on any atom is -0.490 e. The second-order valence-corrected chi connectivity index (χ2v) is 12.4. The topological polar surface area (TPSA) is 114 Å². The van der Waals surface area contributed by atoms with E-state index in [0.717, 1.165) is 0 Å². The molecule has 0 bridgehead atoms. The summed E-state index contributed by atoms with van der Waals surface area (Å²) >= 11 is 0. The minimum absolute atomic E-state index is 0.113. The normalized spacial score (nSPS) is 18.3. The molecule has 0 atom stereocenters. The summed E-state index contributed by atoms with van der Waals surface area (Å²) in [5.41, 5.74) is 0.973. The minimum atomic E-state index is -3.78. The van der Waals surface area contributed by atoms with Crippen molar-refractivity contribution in [2.75, 3.05) is 56.0 Å². The van der Waals surface area contributed by atoms with Crippen LogP contribution >= 0.6 is 0 Å². The Balaban J connectivity index is 1.42. The van der Waals surface area contributed by atoms with Crippen molar-refractivity contribution < 1.29 is 31.1 Å². The SMILES string of the molecule is CCOc1ccc(S(=O)(=O)N2CCN(C(=O)c3ccc(N4CCCS4(=O)=O)cc3)CC2)cc1OCC. The van der Waals surface area contributed by atoms with Crippen LogP contribution < -0.4 is 13.8 Å². The summed E-state index contributed by atoms with van der Waals surface area (Å²) in [6, 6.07) is 11.1. The summed E-state index contributed by atoms with van der Waals surface area (Å²) in [6.07, 6.45) is 0.583. The maximum Gasteiger partial charge on any atom is 0.253 e. The monoisotopic (exact) mass is 537 g/mol. The number of amides is 1. The van der Waals surface area contributed by atoms with Gasteiger partial charge >= 0.3 is 0 Å². The lowest BCUT2D eigenvalue weighted by atomic mass is 10.1. The molecule has 2 aromatic rings. The first-order chi connectivity index (χ1) is 17.2. The van der Waals surface area contributed by atoms with Gasteiger partial charge in [0.05, 0.1) is 29.5 Å². The number of hydrogen-bond donors (Lipinski definition) is 0. The highest BCUT2D eigenvalue weighted by atomic mass is 32.2. The van der Waals surface area contributed by atoms with Crippen LogP contribution in [0.3, 0.4) is 0 Å². The van der Waals surface area contributed by atoms with Crippen molar-refractivity contribution >= 4 is 31.6 Å². The van der Waals surface area contributed by atoms with Crippen LogP contribution in [-0.2, 0) is 20.0 Å². The highest BCUT2D eigenvalue weighted by molar-refractivity contribution is 7.93. The largest absolute Gasteiger partial charge is 0.490 e. The molecule has 2 saturated heterocycles. The molecule has 0 aliphatic carbocycles. The van der Waals surface area contributed by atoms with Crippen molar-refractivity contribution in [2.45, 2.75) is 25.2 Å². The zero-order chi connectivity index (χ0) is 25.9. The Bertz CT molecular complexity index is 1300. The van der Waals surface area contributed by atoms with E-state index in [1.165, 1.54) is 20.7 Å². The number of hydrogen-bond acceptors (Lipinski definition) is 7. The van der Waals surface area contributed by atoms with Gasteiger partial charge in [0.15, 0.2) is 11.5 Å². The molecule has 0 aromatic heterocycles. The number of benzene rings is 2. The van der Waals surface area contributed by atoms with Crippen molar-refractivity contribution in [2.24, 2.45) is 0 Å². The van der Waals surface area contributed by atoms with Gasteiger partial charge in [0.1, 0.15) is 0 Å². The molecular weight excluding hydrogens is 506 g/mol. The van der Waals surface area contributed by atoms with Crippen molar-refractivity contribution in [1.82, 2.24) is 9.21 Å². The van der Waals surface area contributed by atoms with Gasteiger partial charge in [0.2, 0.25) is 20.0 Å². The predicted molar refractivity (Wildman–Crippen MR) is 136 cm³/mol. The molecule has 36 heavy (non-hydrogen) atoms. The number of ether oxygens (including phenoxy) is 2. The molecule has 0 spiro atoms. The highest BCUT2D eigenvalue weighted by Crippen LogP contribution is 2.32. The smallest absolute Gasteiger partial charge is 0.253 e. The molecule has 2 aliphatic rings. The Morgan fingerprint density at radius 2 is 1.53 bits per heavy atom. The van der Waals surface area contributed by atoms with E-state index in [2.05, 4.69) is 0 Å². The van der Waals surface area contributed by atoms with E-state index in [4.69, 9.17) is 9.47 Å². The van der Waals surface area contributed by atoms with Crippen molar-refractivity contribution in [3.05, 3.63) is 48.0 Å². The second-order valence-electron chi connectivity index (χ2n) is 8.46. The molecule has 2 aliphatic heterocycles. The van der Waals surface area contributed by atoms with Crippen LogP contribution in [0.4, 0.5) is 5.69 Å². The fourth-order valence-corrected chi connectivity index (χ4v) is 7.36. The molecule has 2 aromatic carbocycles. The van der Waals surface area contributed by atoms with E-state index >= 15 is 0 Å². The Morgan fingerprint density at radius 3 is 2.11 bits per heavy atom. The molecule has 10 nitrogen and oxygen atoms in total. The van der Waals surface area contributed by atoms with E-state index in [1.807, 2.05) is 13.8 Å². The molecule has 0 radical (unpaired) electrons. The van der Waals surface area contributed by atoms with E-state index in [0.29, 0.717) is 48.9 Å². The van der Waals surface area contributed by atoms with Gasteiger partial charge in [-0.15, -0.1) is 0 Å². The third-order valence-corrected chi connectivity index (χ3v) is 9.94. The number of anilines is 1. The van der Waals surface area contributed by atoms with Crippen molar-refractivity contribution in [3.63, 3.8) is 0 Å². The first-order valence-electron chi connectivity index (χ1n) is 12.0. The van der Waals surface area contributed by atoms with Gasteiger partial charge < -0.3 is 14.4 Å². The molecule has 2 heterocycles. The van der Waals surface area contributed by atoms with E-state index in [-0.39, 0.29) is 42.7 Å². The van der Waals surface area contributed by atoms with Gasteiger partial charge in [0, 0.05) is 44.4 Å². The molecule has 1 amide bonds. The number of carbonyl (C=O) groups excluding carboxylic acids is 1. The third kappa shape index (κ3) is 5.30. The number of sulfonamides is 2. The van der Waals surface area contributed by atoms with Gasteiger partial charge in [-0.2, -0.15) is 4.31 Å². The zero-order valence-corrected chi connectivity index (χ0v) is 22.1. The molecule has 196 valence electrons. The first-order valence-corrected chi connectivity index (χ1v) is 15.0. The Morgan fingerprint density at radius 1 is 0.889 bits per heavy atom. The zero-order valence-electron chi connectivity index (χ0n) is 20.4. The van der Waals surface area contributed by atoms with Gasteiger partial charge in [-0.25, -0.2) is 16.8 Å². The summed E-state index contributed by atoms with van der Waals surface area (Å²) in [5, 5.41) is 0. The standard InChI is InChI=1S/C24H31N3O7S2/c1-3-33-22-11-10-21(18-23(22)34-4-2)36(31,32)26-15-13-25(14-16-26)24(28)19-6-8-20(9-7-19)27-12-5-17-35(27,29)30/h6-11,18H,3-5,12-17H2,1-2H3. The summed E-state index contributed by atoms with van der Waals surface area (Å²) in [7, 11) is -7.06. The quantitative estimate of drug-likeness (QED) is 0.507. The molecule has 0 N–H and O–H groups in total. The molecule has 0 saturated carbocycles. The summed E-state index contributed by atoms with van der Waals surface area (Å²) in [5.74, 6) is 0.772. The molecule has 2 fully saturated rings. The Labute approximate surface area is 212 Å². The lowest BCUT2D eigenvalue weighted by molar-refractivity contribution is 0.0698. The van der Waals surface area contributed by atoms with E-state index < -0.39 is 20.0 Å². The fourth-order valence-electron chi connectivity index (χ4n) is 4.35. The van der Waals surface area contributed by atoms with Gasteiger partial charge in [-0.3, -0.25) is 9.10 Å². The first kappa shape index (κ1) is 26.2. The number of nitrogens with zero attached hydrogens (tertiary/aromatic N) is 3. The maximum atomic E-state index is 13.2. The van der Waals surface area contributed by atoms with Gasteiger partial charge in [0.25, 0.3) is 5.91 Å². The lowest BCUT2D eigenvalue weighted by Crippen LogP contribution is -2.50. The van der Waals surface area contributed by atoms with E-state index in [9.17, 15) is 21.6 Å². The summed E-state index contributed by atoms with van der Waals surface area (Å²) < 4.78 is 64.6. The lowest BCUT2D eigenvalue weighted by Gasteiger charge is -2.34. The van der Waals surface area contributed by atoms with Crippen LogP contribution in [0.1, 0.15) is 30.6 Å². The average molecular weight is 538 g/mol. The van der Waals surface area contributed by atoms with Crippen LogP contribution in [0.25, 0.3) is 0 Å². The van der Waals surface area contributed by atoms with Crippen LogP contribution in [-0.4, -0.2) is 83.6 Å². The molecule has 0 unspecified atom stereocenters. The summed E-state index contributed by atoms with van der Waals surface area (Å²) in [6.45, 7) is 5.71. The average Bonchev–Trinajstić information content (AvgIpc) is 3.24.